The van der Waals surface area contributed by atoms with Crippen LogP contribution in [0.15, 0.2) is 42.0 Å². The van der Waals surface area contributed by atoms with Crippen LogP contribution < -0.4 is 16.1 Å². The van der Waals surface area contributed by atoms with Gasteiger partial charge in [0.25, 0.3) is 0 Å². The van der Waals surface area contributed by atoms with Crippen molar-refractivity contribution in [2.75, 3.05) is 11.4 Å². The largest absolute Gasteiger partial charge is 0.481 e. The Labute approximate surface area is 151 Å². The Hall–Kier alpha value is -3.16. The molecule has 138 valence electrons. The van der Waals surface area contributed by atoms with Crippen LogP contribution in [0.25, 0.3) is 0 Å². The third-order valence-electron chi connectivity index (χ3n) is 4.20. The van der Waals surface area contributed by atoms with Crippen LogP contribution in [0.4, 0.5) is 5.69 Å². The average molecular weight is 358 g/mol. The molecule has 1 aromatic rings. The van der Waals surface area contributed by atoms with E-state index in [2.05, 4.69) is 17.0 Å². The number of aliphatic carboxylic acids is 1. The monoisotopic (exact) mass is 358 g/mol. The lowest BCUT2D eigenvalue weighted by molar-refractivity contribution is -0.137. The molecule has 1 fully saturated rings. The van der Waals surface area contributed by atoms with Crippen LogP contribution in [-0.2, 0) is 14.4 Å². The lowest BCUT2D eigenvalue weighted by Gasteiger charge is -2.17. The second kappa shape index (κ2) is 8.80. The van der Waals surface area contributed by atoms with E-state index < -0.39 is 17.9 Å². The van der Waals surface area contributed by atoms with Crippen molar-refractivity contribution in [2.24, 2.45) is 16.9 Å². The quantitative estimate of drug-likeness (QED) is 0.275. The summed E-state index contributed by atoms with van der Waals surface area (Å²) in [6.07, 6.45) is 3.24. The molecule has 0 spiro atoms. The number of carbonyl (C=O) groups is 3. The van der Waals surface area contributed by atoms with Crippen molar-refractivity contribution in [3.8, 4) is 0 Å². The summed E-state index contributed by atoms with van der Waals surface area (Å²) in [6.45, 7) is 4.04. The van der Waals surface area contributed by atoms with Gasteiger partial charge in [-0.15, -0.1) is 6.58 Å². The zero-order valence-electron chi connectivity index (χ0n) is 14.3. The fourth-order valence-electron chi connectivity index (χ4n) is 2.88. The Morgan fingerprint density at radius 1 is 1.42 bits per heavy atom. The number of hydrogen-bond acceptors (Lipinski definition) is 5. The van der Waals surface area contributed by atoms with Gasteiger partial charge in [-0.3, -0.25) is 14.4 Å². The number of rotatable bonds is 8. The van der Waals surface area contributed by atoms with Crippen molar-refractivity contribution in [1.82, 2.24) is 5.32 Å². The molecule has 0 aliphatic carbocycles. The highest BCUT2D eigenvalue weighted by atomic mass is 16.4. The first kappa shape index (κ1) is 19.2. The molecule has 1 aliphatic heterocycles. The summed E-state index contributed by atoms with van der Waals surface area (Å²) < 4.78 is 0. The number of nitrogens with two attached hydrogens (primary N) is 1. The lowest BCUT2D eigenvalue weighted by Crippen LogP contribution is -2.37. The SMILES string of the molecule is C=C[C@H](CC(=O)O)NC(=O)CC1CCN(c2ccc(C=NN)cc2)C1=O. The van der Waals surface area contributed by atoms with Crippen molar-refractivity contribution < 1.29 is 19.5 Å². The van der Waals surface area contributed by atoms with E-state index in [0.717, 1.165) is 11.3 Å². The van der Waals surface area contributed by atoms with Crippen molar-refractivity contribution in [3.63, 3.8) is 0 Å². The second-order valence-corrected chi connectivity index (χ2v) is 6.06. The Morgan fingerprint density at radius 3 is 2.69 bits per heavy atom. The predicted octanol–water partition coefficient (Wildman–Crippen LogP) is 0.868. The Morgan fingerprint density at radius 2 is 2.12 bits per heavy atom. The van der Waals surface area contributed by atoms with Crippen LogP contribution in [-0.4, -0.2) is 41.7 Å². The molecule has 1 heterocycles. The van der Waals surface area contributed by atoms with Crippen LogP contribution in [0.3, 0.4) is 0 Å². The summed E-state index contributed by atoms with van der Waals surface area (Å²) in [6, 6.07) is 6.57. The molecule has 1 aliphatic rings. The molecule has 8 nitrogen and oxygen atoms in total. The number of nitrogens with one attached hydrogen (secondary N) is 1. The summed E-state index contributed by atoms with van der Waals surface area (Å²) in [5.74, 6) is 3.19. The zero-order valence-corrected chi connectivity index (χ0v) is 14.3. The Kier molecular flexibility index (Phi) is 6.48. The number of benzene rings is 1. The van der Waals surface area contributed by atoms with Crippen LogP contribution in [0.1, 0.15) is 24.8 Å². The number of anilines is 1. The van der Waals surface area contributed by atoms with E-state index in [-0.39, 0.29) is 24.7 Å². The number of hydrazone groups is 1. The highest BCUT2D eigenvalue weighted by Crippen LogP contribution is 2.27. The van der Waals surface area contributed by atoms with Crippen molar-refractivity contribution in [3.05, 3.63) is 42.5 Å². The third kappa shape index (κ3) is 4.92. The van der Waals surface area contributed by atoms with Gasteiger partial charge in [-0.1, -0.05) is 18.2 Å². The minimum absolute atomic E-state index is 0.0250. The Bertz CT molecular complexity index is 714. The summed E-state index contributed by atoms with van der Waals surface area (Å²) in [5.41, 5.74) is 1.58. The molecule has 26 heavy (non-hydrogen) atoms. The van der Waals surface area contributed by atoms with E-state index >= 15 is 0 Å². The molecular formula is C18H22N4O4. The topological polar surface area (TPSA) is 125 Å². The maximum Gasteiger partial charge on any atom is 0.305 e. The van der Waals surface area contributed by atoms with Gasteiger partial charge in [0.1, 0.15) is 0 Å². The first-order valence-electron chi connectivity index (χ1n) is 8.23. The first-order chi connectivity index (χ1) is 12.4. The highest BCUT2D eigenvalue weighted by Gasteiger charge is 2.34. The standard InChI is InChI=1S/C18H22N4O4/c1-2-14(10-17(24)25)21-16(23)9-13-7-8-22(18(13)26)15-5-3-12(4-6-15)11-20-19/h2-6,11,13-14H,1,7-10,19H2,(H,21,23)(H,24,25)/t13?,14-/m1/s1. The van der Waals surface area contributed by atoms with E-state index in [1.54, 1.807) is 29.2 Å². The molecule has 0 bridgehead atoms. The number of nitrogens with zero attached hydrogens (tertiary/aromatic N) is 2. The number of amides is 2. The van der Waals surface area contributed by atoms with Gasteiger partial charge in [0, 0.05) is 24.6 Å². The molecule has 8 heteroatoms. The van der Waals surface area contributed by atoms with Crippen LogP contribution >= 0.6 is 0 Å². The number of carboxylic acids is 1. The van der Waals surface area contributed by atoms with E-state index in [4.69, 9.17) is 10.9 Å². The van der Waals surface area contributed by atoms with Crippen molar-refractivity contribution >= 4 is 29.7 Å². The van der Waals surface area contributed by atoms with Crippen molar-refractivity contribution in [2.45, 2.75) is 25.3 Å². The Balaban J connectivity index is 1.94. The zero-order chi connectivity index (χ0) is 19.1. The normalized spacial score (nSPS) is 18.1. The molecule has 2 amide bonds. The molecule has 1 saturated heterocycles. The van der Waals surface area contributed by atoms with Gasteiger partial charge in [0.2, 0.25) is 11.8 Å². The number of carboxylic acid groups (broad SMARTS) is 1. The first-order valence-corrected chi connectivity index (χ1v) is 8.23. The average Bonchev–Trinajstić information content (AvgIpc) is 2.95. The molecule has 4 N–H and O–H groups in total. The number of carbonyl (C=O) groups excluding carboxylic acids is 2. The number of hydrogen-bond donors (Lipinski definition) is 3. The van der Waals surface area contributed by atoms with Crippen LogP contribution in [0, 0.1) is 5.92 Å². The summed E-state index contributed by atoms with van der Waals surface area (Å²) in [4.78, 5) is 37.1. The minimum Gasteiger partial charge on any atom is -0.481 e. The predicted molar refractivity (Wildman–Crippen MR) is 97.7 cm³/mol. The van der Waals surface area contributed by atoms with Gasteiger partial charge in [-0.05, 0) is 24.1 Å². The van der Waals surface area contributed by atoms with Crippen molar-refractivity contribution in [1.29, 1.82) is 0 Å². The van der Waals surface area contributed by atoms with E-state index in [1.807, 2.05) is 0 Å². The third-order valence-corrected chi connectivity index (χ3v) is 4.20. The summed E-state index contributed by atoms with van der Waals surface area (Å²) >= 11 is 0. The molecule has 0 aromatic heterocycles. The van der Waals surface area contributed by atoms with Gasteiger partial charge in [-0.2, -0.15) is 5.10 Å². The van der Waals surface area contributed by atoms with Gasteiger partial charge >= 0.3 is 5.97 Å². The summed E-state index contributed by atoms with van der Waals surface area (Å²) in [7, 11) is 0. The molecule has 1 aromatic carbocycles. The molecule has 1 unspecified atom stereocenters. The van der Waals surface area contributed by atoms with Gasteiger partial charge in [0.15, 0.2) is 0 Å². The maximum absolute atomic E-state index is 12.6. The minimum atomic E-state index is -1.03. The fraction of sp³-hybridized carbons (Fsp3) is 0.333. The van der Waals surface area contributed by atoms with Crippen LogP contribution in [0.2, 0.25) is 0 Å². The van der Waals surface area contributed by atoms with Gasteiger partial charge in [0.05, 0.1) is 18.7 Å². The molecule has 0 saturated carbocycles. The fourth-order valence-corrected chi connectivity index (χ4v) is 2.88. The second-order valence-electron chi connectivity index (χ2n) is 6.06. The smallest absolute Gasteiger partial charge is 0.305 e. The lowest BCUT2D eigenvalue weighted by atomic mass is 10.0. The molecular weight excluding hydrogens is 336 g/mol. The summed E-state index contributed by atoms with van der Waals surface area (Å²) in [5, 5.41) is 14.8. The molecule has 0 radical (unpaired) electrons. The molecule has 2 rings (SSSR count). The van der Waals surface area contributed by atoms with E-state index in [9.17, 15) is 14.4 Å². The maximum atomic E-state index is 12.6. The van der Waals surface area contributed by atoms with E-state index in [0.29, 0.717) is 13.0 Å². The highest BCUT2D eigenvalue weighted by molar-refractivity contribution is 5.99. The van der Waals surface area contributed by atoms with E-state index in [1.165, 1.54) is 12.3 Å². The van der Waals surface area contributed by atoms with Gasteiger partial charge < -0.3 is 21.2 Å². The van der Waals surface area contributed by atoms with Crippen LogP contribution in [0.5, 0.6) is 0 Å². The van der Waals surface area contributed by atoms with Gasteiger partial charge in [-0.25, -0.2) is 0 Å². The molecule has 2 atom stereocenters.